The molecule has 4 aromatic rings. The van der Waals surface area contributed by atoms with Crippen molar-refractivity contribution >= 4 is 28.7 Å². The molecule has 1 aliphatic heterocycles. The number of alkyl halides is 3. The first-order chi connectivity index (χ1) is 16.9. The lowest BCUT2D eigenvalue weighted by atomic mass is 9.82. The van der Waals surface area contributed by atoms with E-state index >= 15 is 0 Å². The van der Waals surface area contributed by atoms with Crippen LogP contribution in [0.5, 0.6) is 0 Å². The molecule has 4 aromatic heterocycles. The second kappa shape index (κ2) is 7.73. The molecule has 10 nitrogen and oxygen atoms in total. The molecule has 2 amide bonds. The minimum Gasteiger partial charge on any atom is -0.364 e. The number of nitrogens with two attached hydrogens (primary N) is 1. The highest BCUT2D eigenvalue weighted by atomic mass is 19.4. The number of amides is 2. The number of fused-ring (bicyclic) bond motifs is 2. The summed E-state index contributed by atoms with van der Waals surface area (Å²) in [5, 5.41) is 6.25. The maximum absolute atomic E-state index is 14.2. The molecule has 1 unspecified atom stereocenters. The molecular weight excluding hydrogens is 491 g/mol. The van der Waals surface area contributed by atoms with Crippen molar-refractivity contribution in [2.24, 2.45) is 5.73 Å². The Morgan fingerprint density at radius 1 is 1.22 bits per heavy atom. The largest absolute Gasteiger partial charge is 0.407 e. The van der Waals surface area contributed by atoms with Crippen molar-refractivity contribution in [1.29, 1.82) is 0 Å². The fraction of sp³-hybridized carbons (Fsp3) is 0.190. The van der Waals surface area contributed by atoms with Gasteiger partial charge in [0.1, 0.15) is 28.8 Å². The van der Waals surface area contributed by atoms with Crippen molar-refractivity contribution in [2.75, 3.05) is 5.32 Å². The van der Waals surface area contributed by atoms with E-state index in [1.807, 2.05) is 5.32 Å². The fourth-order valence-corrected chi connectivity index (χ4v) is 3.91. The van der Waals surface area contributed by atoms with Crippen molar-refractivity contribution < 1.29 is 31.5 Å². The van der Waals surface area contributed by atoms with Crippen LogP contribution in [0.1, 0.15) is 28.7 Å². The van der Waals surface area contributed by atoms with E-state index in [-0.39, 0.29) is 29.0 Å². The first-order valence-electron chi connectivity index (χ1n) is 10.1. The Hall–Kier alpha value is -4.56. The summed E-state index contributed by atoms with van der Waals surface area (Å²) < 4.78 is 71.0. The van der Waals surface area contributed by atoms with Gasteiger partial charge in [0.2, 0.25) is 5.91 Å². The number of anilines is 1. The monoisotopic (exact) mass is 504 g/mol. The van der Waals surface area contributed by atoms with Crippen LogP contribution in [0.4, 0.5) is 27.8 Å². The van der Waals surface area contributed by atoms with Gasteiger partial charge in [-0.25, -0.2) is 28.4 Å². The smallest absolute Gasteiger partial charge is 0.364 e. The lowest BCUT2D eigenvalue weighted by Crippen LogP contribution is -2.46. The molecule has 0 saturated carbocycles. The Labute approximate surface area is 197 Å². The van der Waals surface area contributed by atoms with Crippen LogP contribution in [0, 0.1) is 11.6 Å². The van der Waals surface area contributed by atoms with Crippen LogP contribution < -0.4 is 11.1 Å². The van der Waals surface area contributed by atoms with Gasteiger partial charge in [0.25, 0.3) is 5.91 Å². The Morgan fingerprint density at radius 2 is 1.97 bits per heavy atom. The Balaban J connectivity index is 1.74. The second-order valence-electron chi connectivity index (χ2n) is 8.02. The number of primary amides is 1. The molecule has 0 saturated heterocycles. The summed E-state index contributed by atoms with van der Waals surface area (Å²) in [5.74, 6) is -5.31. The van der Waals surface area contributed by atoms with Gasteiger partial charge >= 0.3 is 6.18 Å². The highest BCUT2D eigenvalue weighted by Gasteiger charge is 2.64. The van der Waals surface area contributed by atoms with Gasteiger partial charge < -0.3 is 11.1 Å². The van der Waals surface area contributed by atoms with Gasteiger partial charge in [0, 0.05) is 6.20 Å². The number of rotatable bonds is 4. The van der Waals surface area contributed by atoms with E-state index in [4.69, 9.17) is 5.73 Å². The summed E-state index contributed by atoms with van der Waals surface area (Å²) in [6, 6.07) is 3.56. The second-order valence-corrected chi connectivity index (χ2v) is 8.02. The Morgan fingerprint density at radius 3 is 2.64 bits per heavy atom. The van der Waals surface area contributed by atoms with Gasteiger partial charge in [-0.05, 0) is 25.1 Å². The van der Waals surface area contributed by atoms with Crippen molar-refractivity contribution in [1.82, 2.24) is 29.7 Å². The van der Waals surface area contributed by atoms with Gasteiger partial charge in [0.15, 0.2) is 16.9 Å². The van der Waals surface area contributed by atoms with Gasteiger partial charge in [0.05, 0.1) is 29.4 Å². The van der Waals surface area contributed by atoms with E-state index in [9.17, 15) is 31.5 Å². The zero-order chi connectivity index (χ0) is 26.0. The zero-order valence-corrected chi connectivity index (χ0v) is 18.1. The van der Waals surface area contributed by atoms with E-state index in [0.717, 1.165) is 16.9 Å². The quantitative estimate of drug-likeness (QED) is 0.407. The highest BCUT2D eigenvalue weighted by Crippen LogP contribution is 2.49. The van der Waals surface area contributed by atoms with Crippen LogP contribution in [0.15, 0.2) is 30.6 Å². The topological polar surface area (TPSA) is 142 Å². The molecule has 0 bridgehead atoms. The molecule has 36 heavy (non-hydrogen) atoms. The average Bonchev–Trinajstić information content (AvgIpc) is 3.29. The zero-order valence-electron chi connectivity index (χ0n) is 18.1. The molecule has 0 aromatic carbocycles. The summed E-state index contributed by atoms with van der Waals surface area (Å²) in [5.41, 5.74) is 0.299. The van der Waals surface area contributed by atoms with Crippen molar-refractivity contribution in [3.05, 3.63) is 59.2 Å². The third kappa shape index (κ3) is 3.34. The van der Waals surface area contributed by atoms with Crippen LogP contribution in [0.25, 0.3) is 22.6 Å². The number of aromatic nitrogens is 6. The normalized spacial score (nSPS) is 17.3. The van der Waals surface area contributed by atoms with Crippen molar-refractivity contribution in [3.63, 3.8) is 0 Å². The number of pyridine rings is 2. The molecule has 0 radical (unpaired) electrons. The number of hydrogen-bond acceptors (Lipinski definition) is 7. The standard InChI is InChI=1S/C21H13F5N8O2/c1-20(21(24,25)26)12-14(15(27)35)30-17(31-16(12)32-19(20)36)13-9-5-8(22)6-29-18(9)34(33-13)7-11-10(23)3-2-4-28-11/h2-6H,7H2,1H3,(H2,27,35)(H,30,31,32,36). The molecule has 5 rings (SSSR count). The van der Waals surface area contributed by atoms with Gasteiger partial charge in [-0.2, -0.15) is 18.3 Å². The number of nitrogens with zero attached hydrogens (tertiary/aromatic N) is 6. The number of halogens is 5. The van der Waals surface area contributed by atoms with Crippen LogP contribution >= 0.6 is 0 Å². The van der Waals surface area contributed by atoms with Crippen molar-refractivity contribution in [3.8, 4) is 11.5 Å². The maximum atomic E-state index is 14.2. The van der Waals surface area contributed by atoms with Crippen LogP contribution in [-0.2, 0) is 16.8 Å². The molecule has 15 heteroatoms. The molecule has 0 spiro atoms. The Kier molecular flexibility index (Phi) is 4.98. The number of carbonyl (C=O) groups excluding carboxylic acids is 2. The third-order valence-corrected chi connectivity index (χ3v) is 5.80. The summed E-state index contributed by atoms with van der Waals surface area (Å²) >= 11 is 0. The van der Waals surface area contributed by atoms with E-state index < -0.39 is 57.9 Å². The highest BCUT2D eigenvalue weighted by molar-refractivity contribution is 6.10. The van der Waals surface area contributed by atoms with Gasteiger partial charge in [-0.15, -0.1) is 0 Å². The van der Waals surface area contributed by atoms with Crippen LogP contribution in [0.3, 0.4) is 0 Å². The molecule has 0 aliphatic carbocycles. The lowest BCUT2D eigenvalue weighted by Gasteiger charge is -2.25. The molecule has 184 valence electrons. The average molecular weight is 504 g/mol. The van der Waals surface area contributed by atoms with E-state index in [2.05, 4.69) is 25.0 Å². The molecule has 1 aliphatic rings. The number of nitrogens with one attached hydrogen (secondary N) is 1. The summed E-state index contributed by atoms with van der Waals surface area (Å²) in [6.07, 6.45) is -2.88. The van der Waals surface area contributed by atoms with Crippen LogP contribution in [0.2, 0.25) is 0 Å². The number of carbonyl (C=O) groups is 2. The Bertz CT molecular complexity index is 1580. The molecule has 3 N–H and O–H groups in total. The SMILES string of the molecule is CC1(C(F)(F)F)C(=O)Nc2nc(-c3nn(Cc4ncccc4F)c4ncc(F)cc34)nc(C(N)=O)c21. The predicted octanol–water partition coefficient (Wildman–Crippen LogP) is 2.48. The first-order valence-corrected chi connectivity index (χ1v) is 10.1. The maximum Gasteiger partial charge on any atom is 0.407 e. The molecular formula is C21H13F5N8O2. The minimum absolute atomic E-state index is 0.00427. The van der Waals surface area contributed by atoms with E-state index in [1.165, 1.54) is 18.3 Å². The lowest BCUT2D eigenvalue weighted by molar-refractivity contribution is -0.186. The fourth-order valence-electron chi connectivity index (χ4n) is 3.91. The summed E-state index contributed by atoms with van der Waals surface area (Å²) in [7, 11) is 0. The predicted molar refractivity (Wildman–Crippen MR) is 112 cm³/mol. The van der Waals surface area contributed by atoms with Crippen molar-refractivity contribution in [2.45, 2.75) is 25.1 Å². The first kappa shape index (κ1) is 23.2. The molecule has 0 fully saturated rings. The summed E-state index contributed by atoms with van der Waals surface area (Å²) in [6.45, 7) is 0.326. The van der Waals surface area contributed by atoms with Crippen LogP contribution in [-0.4, -0.2) is 47.7 Å². The van der Waals surface area contributed by atoms with E-state index in [0.29, 0.717) is 6.92 Å². The molecule has 5 heterocycles. The third-order valence-electron chi connectivity index (χ3n) is 5.80. The van der Waals surface area contributed by atoms with Gasteiger partial charge in [-0.3, -0.25) is 14.6 Å². The minimum atomic E-state index is -5.11. The van der Waals surface area contributed by atoms with E-state index in [1.54, 1.807) is 0 Å². The number of hydrogen-bond donors (Lipinski definition) is 2. The van der Waals surface area contributed by atoms with Gasteiger partial charge in [-0.1, -0.05) is 0 Å². The molecule has 1 atom stereocenters. The summed E-state index contributed by atoms with van der Waals surface area (Å²) in [4.78, 5) is 40.2.